The zero-order valence-corrected chi connectivity index (χ0v) is 12.4. The van der Waals surface area contributed by atoms with E-state index in [2.05, 4.69) is 49.3 Å². The van der Waals surface area contributed by atoms with Crippen LogP contribution in [0.25, 0.3) is 11.3 Å². The first kappa shape index (κ1) is 15.6. The SMILES string of the molecule is CCCCCn1cc(-c2ccc(C)cc2)nc1N.Cl. The van der Waals surface area contributed by atoms with Crippen molar-refractivity contribution in [3.05, 3.63) is 36.0 Å². The number of unbranched alkanes of at least 4 members (excludes halogenated alkanes) is 2. The normalized spacial score (nSPS) is 10.2. The van der Waals surface area contributed by atoms with E-state index in [1.165, 1.54) is 18.4 Å². The molecule has 2 aromatic rings. The molecule has 2 rings (SSSR count). The first-order valence-corrected chi connectivity index (χ1v) is 6.60. The van der Waals surface area contributed by atoms with Crippen molar-refractivity contribution in [3.63, 3.8) is 0 Å². The minimum atomic E-state index is 0. The van der Waals surface area contributed by atoms with Crippen molar-refractivity contribution < 1.29 is 0 Å². The Morgan fingerprint density at radius 2 is 1.84 bits per heavy atom. The molecule has 0 bridgehead atoms. The molecular weight excluding hydrogens is 258 g/mol. The Hall–Kier alpha value is -1.48. The number of anilines is 1. The van der Waals surface area contributed by atoms with Crippen LogP contribution in [0.15, 0.2) is 30.5 Å². The summed E-state index contributed by atoms with van der Waals surface area (Å²) < 4.78 is 2.05. The standard InChI is InChI=1S/C15H21N3.ClH/c1-3-4-5-10-18-11-14(17-15(18)16)13-8-6-12(2)7-9-13;/h6-9,11H,3-5,10H2,1-2H3,(H2,16,17);1H. The van der Waals surface area contributed by atoms with Crippen LogP contribution < -0.4 is 5.73 Å². The molecule has 3 nitrogen and oxygen atoms in total. The van der Waals surface area contributed by atoms with E-state index >= 15 is 0 Å². The number of nitrogen functional groups attached to an aromatic ring is 1. The quantitative estimate of drug-likeness (QED) is 0.839. The minimum Gasteiger partial charge on any atom is -0.369 e. The van der Waals surface area contributed by atoms with Crippen molar-refractivity contribution in [1.82, 2.24) is 9.55 Å². The summed E-state index contributed by atoms with van der Waals surface area (Å²) >= 11 is 0. The van der Waals surface area contributed by atoms with Crippen LogP contribution in [0.5, 0.6) is 0 Å². The van der Waals surface area contributed by atoms with Gasteiger partial charge in [0.2, 0.25) is 5.95 Å². The first-order valence-electron chi connectivity index (χ1n) is 6.60. The number of halogens is 1. The van der Waals surface area contributed by atoms with Gasteiger partial charge in [0, 0.05) is 18.3 Å². The Balaban J connectivity index is 0.00000180. The molecule has 0 atom stereocenters. The molecule has 104 valence electrons. The van der Waals surface area contributed by atoms with Crippen molar-refractivity contribution in [2.45, 2.75) is 39.7 Å². The van der Waals surface area contributed by atoms with Crippen LogP contribution in [0.4, 0.5) is 5.95 Å². The summed E-state index contributed by atoms with van der Waals surface area (Å²) in [5.74, 6) is 0.613. The molecule has 0 fully saturated rings. The maximum atomic E-state index is 5.94. The van der Waals surface area contributed by atoms with Gasteiger partial charge >= 0.3 is 0 Å². The summed E-state index contributed by atoms with van der Waals surface area (Å²) in [5.41, 5.74) is 9.29. The molecular formula is C15H22ClN3. The van der Waals surface area contributed by atoms with Gasteiger partial charge in [-0.2, -0.15) is 0 Å². The summed E-state index contributed by atoms with van der Waals surface area (Å²) in [6.07, 6.45) is 5.66. The predicted octanol–water partition coefficient (Wildman–Crippen LogP) is 4.05. The van der Waals surface area contributed by atoms with Gasteiger partial charge in [0.05, 0.1) is 5.69 Å². The molecule has 0 saturated heterocycles. The Kier molecular flexibility index (Phi) is 5.90. The van der Waals surface area contributed by atoms with E-state index in [4.69, 9.17) is 5.73 Å². The smallest absolute Gasteiger partial charge is 0.200 e. The Morgan fingerprint density at radius 3 is 2.47 bits per heavy atom. The van der Waals surface area contributed by atoms with E-state index in [-0.39, 0.29) is 12.4 Å². The molecule has 0 saturated carbocycles. The van der Waals surface area contributed by atoms with Crippen LogP contribution in [0, 0.1) is 6.92 Å². The third-order valence-electron chi connectivity index (χ3n) is 3.16. The Bertz CT molecular complexity index is 503. The van der Waals surface area contributed by atoms with Crippen molar-refractivity contribution in [2.24, 2.45) is 0 Å². The van der Waals surface area contributed by atoms with Gasteiger partial charge in [-0.3, -0.25) is 0 Å². The third kappa shape index (κ3) is 4.00. The summed E-state index contributed by atoms with van der Waals surface area (Å²) in [4.78, 5) is 4.43. The number of hydrogen-bond acceptors (Lipinski definition) is 2. The zero-order chi connectivity index (χ0) is 13.0. The number of hydrogen-bond donors (Lipinski definition) is 1. The van der Waals surface area contributed by atoms with Gasteiger partial charge in [-0.25, -0.2) is 4.98 Å². The maximum Gasteiger partial charge on any atom is 0.200 e. The molecule has 19 heavy (non-hydrogen) atoms. The van der Waals surface area contributed by atoms with Gasteiger partial charge in [0.1, 0.15) is 0 Å². The molecule has 0 amide bonds. The Labute approximate surface area is 121 Å². The van der Waals surface area contributed by atoms with Crippen molar-refractivity contribution >= 4 is 18.4 Å². The fraction of sp³-hybridized carbons (Fsp3) is 0.400. The number of benzene rings is 1. The van der Waals surface area contributed by atoms with Crippen molar-refractivity contribution in [3.8, 4) is 11.3 Å². The maximum absolute atomic E-state index is 5.94. The Morgan fingerprint density at radius 1 is 1.16 bits per heavy atom. The van der Waals surface area contributed by atoms with E-state index in [0.717, 1.165) is 24.2 Å². The van der Waals surface area contributed by atoms with Gasteiger partial charge in [-0.1, -0.05) is 49.6 Å². The van der Waals surface area contributed by atoms with Gasteiger partial charge in [0.15, 0.2) is 0 Å². The molecule has 2 N–H and O–H groups in total. The topological polar surface area (TPSA) is 43.8 Å². The molecule has 1 heterocycles. The van der Waals surface area contributed by atoms with E-state index in [1.807, 2.05) is 4.57 Å². The van der Waals surface area contributed by atoms with Crippen molar-refractivity contribution in [2.75, 3.05) is 5.73 Å². The second kappa shape index (κ2) is 7.19. The zero-order valence-electron chi connectivity index (χ0n) is 11.6. The van der Waals surface area contributed by atoms with Gasteiger partial charge in [-0.15, -0.1) is 12.4 Å². The van der Waals surface area contributed by atoms with E-state index in [0.29, 0.717) is 5.95 Å². The van der Waals surface area contributed by atoms with Crippen LogP contribution in [0.2, 0.25) is 0 Å². The summed E-state index contributed by atoms with van der Waals surface area (Å²) in [5, 5.41) is 0. The second-order valence-electron chi connectivity index (χ2n) is 4.75. The average Bonchev–Trinajstić information content (AvgIpc) is 2.72. The molecule has 4 heteroatoms. The van der Waals surface area contributed by atoms with Crippen LogP contribution >= 0.6 is 12.4 Å². The fourth-order valence-corrected chi connectivity index (χ4v) is 2.00. The molecule has 0 spiro atoms. The van der Waals surface area contributed by atoms with Crippen LogP contribution in [0.1, 0.15) is 31.7 Å². The first-order chi connectivity index (χ1) is 8.70. The highest BCUT2D eigenvalue weighted by Gasteiger charge is 2.06. The number of nitrogens with two attached hydrogens (primary N) is 1. The predicted molar refractivity (Wildman–Crippen MR) is 83.6 cm³/mol. The molecule has 0 unspecified atom stereocenters. The third-order valence-corrected chi connectivity index (χ3v) is 3.16. The minimum absolute atomic E-state index is 0. The number of nitrogens with zero attached hydrogens (tertiary/aromatic N) is 2. The number of imidazole rings is 1. The molecule has 0 aliphatic rings. The highest BCUT2D eigenvalue weighted by molar-refractivity contribution is 5.85. The number of aromatic nitrogens is 2. The lowest BCUT2D eigenvalue weighted by Gasteiger charge is -2.02. The van der Waals surface area contributed by atoms with E-state index in [9.17, 15) is 0 Å². The highest BCUT2D eigenvalue weighted by Crippen LogP contribution is 2.20. The molecule has 1 aromatic heterocycles. The molecule has 0 radical (unpaired) electrons. The number of rotatable bonds is 5. The largest absolute Gasteiger partial charge is 0.369 e. The molecule has 0 aliphatic carbocycles. The van der Waals surface area contributed by atoms with E-state index in [1.54, 1.807) is 0 Å². The molecule has 0 aliphatic heterocycles. The summed E-state index contributed by atoms with van der Waals surface area (Å²) in [7, 11) is 0. The lowest BCUT2D eigenvalue weighted by atomic mass is 10.1. The molecule has 1 aromatic carbocycles. The summed E-state index contributed by atoms with van der Waals surface area (Å²) in [6, 6.07) is 8.38. The van der Waals surface area contributed by atoms with Gasteiger partial charge < -0.3 is 10.3 Å². The summed E-state index contributed by atoms with van der Waals surface area (Å²) in [6.45, 7) is 5.25. The van der Waals surface area contributed by atoms with Crippen molar-refractivity contribution in [1.29, 1.82) is 0 Å². The van der Waals surface area contributed by atoms with Crippen LogP contribution in [-0.2, 0) is 6.54 Å². The number of aryl methyl sites for hydroxylation is 2. The highest BCUT2D eigenvalue weighted by atomic mass is 35.5. The van der Waals surface area contributed by atoms with Gasteiger partial charge in [0.25, 0.3) is 0 Å². The monoisotopic (exact) mass is 279 g/mol. The average molecular weight is 280 g/mol. The van der Waals surface area contributed by atoms with E-state index < -0.39 is 0 Å². The van der Waals surface area contributed by atoms with Crippen LogP contribution in [0.3, 0.4) is 0 Å². The lowest BCUT2D eigenvalue weighted by Crippen LogP contribution is -2.02. The van der Waals surface area contributed by atoms with Crippen LogP contribution in [-0.4, -0.2) is 9.55 Å². The van der Waals surface area contributed by atoms with Gasteiger partial charge in [-0.05, 0) is 13.3 Å². The second-order valence-corrected chi connectivity index (χ2v) is 4.75. The lowest BCUT2D eigenvalue weighted by molar-refractivity contribution is 0.608. The fourth-order valence-electron chi connectivity index (χ4n) is 2.00.